The molecule has 1 amide bonds. The topological polar surface area (TPSA) is 44.9 Å². The first-order chi connectivity index (χ1) is 17.2. The molecule has 5 aromatic rings. The van der Waals surface area contributed by atoms with Crippen LogP contribution in [0.15, 0.2) is 119 Å². The molecule has 0 aliphatic heterocycles. The monoisotopic (exact) mass is 540 g/mol. The Morgan fingerprint density at radius 1 is 0.800 bits per heavy atom. The summed E-state index contributed by atoms with van der Waals surface area (Å²) < 4.78 is 1.06. The summed E-state index contributed by atoms with van der Waals surface area (Å²) in [5.74, 6) is 0.469. The molecule has 0 spiro atoms. The van der Waals surface area contributed by atoms with Crippen LogP contribution in [0.4, 0.5) is 0 Å². The van der Waals surface area contributed by atoms with Gasteiger partial charge in [0, 0.05) is 32.6 Å². The Hall–Kier alpha value is -3.28. The predicted molar refractivity (Wildman–Crippen MR) is 150 cm³/mol. The molecule has 0 unspecified atom stereocenters. The van der Waals surface area contributed by atoms with E-state index in [9.17, 15) is 4.79 Å². The number of hydrogen-bond donors (Lipinski definition) is 2. The molecule has 0 saturated heterocycles. The summed E-state index contributed by atoms with van der Waals surface area (Å²) in [5, 5.41) is 4.38. The zero-order valence-electron chi connectivity index (χ0n) is 19.1. The van der Waals surface area contributed by atoms with E-state index in [1.165, 1.54) is 10.3 Å². The second-order valence-corrected chi connectivity index (χ2v) is 10.3. The molecule has 4 aromatic carbocycles. The molecule has 174 valence electrons. The highest BCUT2D eigenvalue weighted by Crippen LogP contribution is 2.38. The number of amides is 1. The van der Waals surface area contributed by atoms with Crippen molar-refractivity contribution in [1.29, 1.82) is 0 Å². The minimum absolute atomic E-state index is 0.0232. The number of hydrogen-bond acceptors (Lipinski definition) is 2. The fourth-order valence-electron chi connectivity index (χ4n) is 4.30. The first-order valence-corrected chi connectivity index (χ1v) is 13.4. The molecule has 0 aliphatic carbocycles. The minimum Gasteiger partial charge on any atom is -0.354 e. The number of H-pyrrole nitrogens is 1. The van der Waals surface area contributed by atoms with Gasteiger partial charge in [-0.3, -0.25) is 4.79 Å². The molecule has 0 aliphatic rings. The molecule has 5 rings (SSSR count). The Morgan fingerprint density at radius 2 is 1.40 bits per heavy atom. The first kappa shape index (κ1) is 23.5. The van der Waals surface area contributed by atoms with Crippen molar-refractivity contribution in [2.45, 2.75) is 10.8 Å². The highest BCUT2D eigenvalue weighted by Gasteiger charge is 2.22. The van der Waals surface area contributed by atoms with E-state index in [1.54, 1.807) is 11.8 Å². The van der Waals surface area contributed by atoms with Crippen LogP contribution in [-0.2, 0) is 4.79 Å². The van der Waals surface area contributed by atoms with Crippen LogP contribution in [0.1, 0.15) is 17.0 Å². The van der Waals surface area contributed by atoms with E-state index in [-0.39, 0.29) is 11.8 Å². The number of carbonyl (C=O) groups is 1. The number of halogens is 1. The summed E-state index contributed by atoms with van der Waals surface area (Å²) in [6, 6.07) is 36.7. The van der Waals surface area contributed by atoms with Crippen molar-refractivity contribution in [3.8, 4) is 11.3 Å². The molecule has 1 heterocycles. The van der Waals surface area contributed by atoms with Gasteiger partial charge in [0.2, 0.25) is 5.91 Å². The predicted octanol–water partition coefficient (Wildman–Crippen LogP) is 7.64. The van der Waals surface area contributed by atoms with Crippen LogP contribution in [0.2, 0.25) is 0 Å². The quantitative estimate of drug-likeness (QED) is 0.157. The lowest BCUT2D eigenvalue weighted by atomic mass is 9.90. The van der Waals surface area contributed by atoms with Gasteiger partial charge in [0.05, 0.1) is 11.6 Å². The number of nitrogens with one attached hydrogen (secondary N) is 2. The van der Waals surface area contributed by atoms with Gasteiger partial charge < -0.3 is 10.3 Å². The number of carbonyl (C=O) groups excluding carboxylic acids is 1. The number of benzene rings is 4. The number of para-hydroxylation sites is 1. The zero-order chi connectivity index (χ0) is 24.0. The lowest BCUT2D eigenvalue weighted by molar-refractivity contribution is -0.121. The second-order valence-electron chi connectivity index (χ2n) is 8.28. The van der Waals surface area contributed by atoms with Crippen LogP contribution in [0.25, 0.3) is 22.2 Å². The first-order valence-electron chi connectivity index (χ1n) is 11.6. The summed E-state index contributed by atoms with van der Waals surface area (Å²) in [6.07, 6.45) is 0. The van der Waals surface area contributed by atoms with E-state index < -0.39 is 0 Å². The number of thioether (sulfide) groups is 1. The third-order valence-electron chi connectivity index (χ3n) is 5.97. The number of fused-ring (bicyclic) bond motifs is 1. The van der Waals surface area contributed by atoms with Gasteiger partial charge in [-0.05, 0) is 34.9 Å². The molecule has 0 radical (unpaired) electrons. The van der Waals surface area contributed by atoms with Crippen molar-refractivity contribution in [2.24, 2.45) is 0 Å². The van der Waals surface area contributed by atoms with E-state index in [4.69, 9.17) is 0 Å². The number of aromatic nitrogens is 1. The average molecular weight is 542 g/mol. The Labute approximate surface area is 218 Å². The van der Waals surface area contributed by atoms with E-state index in [2.05, 4.69) is 68.7 Å². The molecule has 35 heavy (non-hydrogen) atoms. The molecule has 0 atom stereocenters. The van der Waals surface area contributed by atoms with Gasteiger partial charge >= 0.3 is 0 Å². The van der Waals surface area contributed by atoms with Crippen LogP contribution >= 0.6 is 27.7 Å². The van der Waals surface area contributed by atoms with Crippen LogP contribution in [0.3, 0.4) is 0 Å². The van der Waals surface area contributed by atoms with Crippen LogP contribution in [-0.4, -0.2) is 23.2 Å². The van der Waals surface area contributed by atoms with Crippen LogP contribution < -0.4 is 5.32 Å². The molecule has 0 saturated carbocycles. The largest absolute Gasteiger partial charge is 0.354 e. The molecule has 2 N–H and O–H groups in total. The van der Waals surface area contributed by atoms with Gasteiger partial charge in [0.15, 0.2) is 0 Å². The molecular formula is C30H25BrN2OS. The summed E-state index contributed by atoms with van der Waals surface area (Å²) >= 11 is 5.30. The molecular weight excluding hydrogens is 516 g/mol. The van der Waals surface area contributed by atoms with Crippen molar-refractivity contribution in [2.75, 3.05) is 12.3 Å². The van der Waals surface area contributed by atoms with E-state index in [1.807, 2.05) is 66.7 Å². The van der Waals surface area contributed by atoms with Gasteiger partial charge in [-0.25, -0.2) is 0 Å². The normalized spacial score (nSPS) is 11.1. The molecule has 0 fully saturated rings. The van der Waals surface area contributed by atoms with E-state index in [0.29, 0.717) is 6.54 Å². The summed E-state index contributed by atoms with van der Waals surface area (Å²) in [5.41, 5.74) is 5.37. The van der Waals surface area contributed by atoms with Gasteiger partial charge in [0.25, 0.3) is 0 Å². The third kappa shape index (κ3) is 5.37. The Morgan fingerprint density at radius 3 is 2.06 bits per heavy atom. The van der Waals surface area contributed by atoms with Crippen molar-refractivity contribution in [3.63, 3.8) is 0 Å². The maximum Gasteiger partial charge on any atom is 0.232 e. The van der Waals surface area contributed by atoms with Crippen LogP contribution in [0, 0.1) is 0 Å². The second kappa shape index (κ2) is 11.0. The summed E-state index contributed by atoms with van der Waals surface area (Å²) in [6.45, 7) is 0.582. The molecule has 3 nitrogen and oxygen atoms in total. The van der Waals surface area contributed by atoms with Crippen molar-refractivity contribution in [3.05, 3.63) is 125 Å². The molecule has 5 heteroatoms. The Balaban J connectivity index is 1.32. The average Bonchev–Trinajstić information content (AvgIpc) is 3.27. The fraction of sp³-hybridized carbons (Fsp3) is 0.100. The third-order valence-corrected chi connectivity index (χ3v) is 7.62. The van der Waals surface area contributed by atoms with Gasteiger partial charge in [0.1, 0.15) is 0 Å². The van der Waals surface area contributed by atoms with Crippen molar-refractivity contribution >= 4 is 44.5 Å². The number of rotatable bonds is 8. The maximum absolute atomic E-state index is 13.3. The lowest BCUT2D eigenvalue weighted by Gasteiger charge is -2.18. The minimum atomic E-state index is -0.325. The highest BCUT2D eigenvalue weighted by molar-refractivity contribution is 9.10. The summed E-state index contributed by atoms with van der Waals surface area (Å²) in [4.78, 5) is 18.1. The lowest BCUT2D eigenvalue weighted by Crippen LogP contribution is -2.31. The molecule has 0 bridgehead atoms. The fourth-order valence-corrected chi connectivity index (χ4v) is 5.62. The van der Waals surface area contributed by atoms with E-state index in [0.717, 1.165) is 38.1 Å². The van der Waals surface area contributed by atoms with Crippen molar-refractivity contribution < 1.29 is 4.79 Å². The Kier molecular flexibility index (Phi) is 7.36. The van der Waals surface area contributed by atoms with Gasteiger partial charge in [-0.2, -0.15) is 0 Å². The van der Waals surface area contributed by atoms with Crippen LogP contribution in [0.5, 0.6) is 0 Å². The van der Waals surface area contributed by atoms with Gasteiger partial charge in [-0.1, -0.05) is 107 Å². The number of aromatic amines is 1. The smallest absolute Gasteiger partial charge is 0.232 e. The van der Waals surface area contributed by atoms with E-state index >= 15 is 0 Å². The molecule has 1 aromatic heterocycles. The SMILES string of the molecule is O=C(NCCSc1c(-c2ccc(Br)cc2)[nH]c2ccccc12)C(c1ccccc1)c1ccccc1. The standard InChI is InChI=1S/C30H25BrN2OS/c31-24-17-15-23(16-18-24)28-29(25-13-7-8-14-26(25)33-28)35-20-19-32-30(34)27(21-9-3-1-4-10-21)22-11-5-2-6-12-22/h1-18,27,33H,19-20H2,(H,32,34). The zero-order valence-corrected chi connectivity index (χ0v) is 21.5. The summed E-state index contributed by atoms with van der Waals surface area (Å²) in [7, 11) is 0. The maximum atomic E-state index is 13.3. The Bertz CT molecular complexity index is 1380. The highest BCUT2D eigenvalue weighted by atomic mass is 79.9. The van der Waals surface area contributed by atoms with Gasteiger partial charge in [-0.15, -0.1) is 11.8 Å². The van der Waals surface area contributed by atoms with Crippen molar-refractivity contribution in [1.82, 2.24) is 10.3 Å².